The molecule has 2 rings (SSSR count). The molecule has 1 N–H and O–H groups in total. The lowest BCUT2D eigenvalue weighted by Crippen LogP contribution is -2.19. The molecule has 0 saturated carbocycles. The fourth-order valence-corrected chi connectivity index (χ4v) is 1.66. The normalized spacial score (nSPS) is 13.8. The number of unbranched alkanes of at least 4 members (excludes halogenated alkanes) is 1. The van der Waals surface area contributed by atoms with Crippen LogP contribution in [0.1, 0.15) is 24.8 Å². The van der Waals surface area contributed by atoms with E-state index in [0.717, 1.165) is 24.0 Å². The second-order valence-electron chi connectivity index (χ2n) is 3.89. The van der Waals surface area contributed by atoms with Gasteiger partial charge in [0.15, 0.2) is 0 Å². The van der Waals surface area contributed by atoms with E-state index in [9.17, 15) is 9.59 Å². The summed E-state index contributed by atoms with van der Waals surface area (Å²) in [5.74, 6) is 0.507. The number of amides is 1. The third-order valence-corrected chi connectivity index (χ3v) is 2.57. The fraction of sp³-hybridized carbons (Fsp3) is 0.417. The number of carbonyl (C=O) groups excluding carboxylic acids is 2. The molecule has 0 spiro atoms. The third-order valence-electron chi connectivity index (χ3n) is 2.57. The smallest absolute Gasteiger partial charge is 0.224 e. The van der Waals surface area contributed by atoms with Gasteiger partial charge < -0.3 is 14.8 Å². The van der Waals surface area contributed by atoms with Gasteiger partial charge in [0.2, 0.25) is 11.8 Å². The number of aromatic nitrogens is 1. The molecule has 0 saturated heterocycles. The van der Waals surface area contributed by atoms with Crippen molar-refractivity contribution < 1.29 is 14.3 Å². The number of carbonyl (C=O) groups is 2. The summed E-state index contributed by atoms with van der Waals surface area (Å²) in [4.78, 5) is 25.5. The van der Waals surface area contributed by atoms with Crippen molar-refractivity contribution in [1.29, 1.82) is 0 Å². The van der Waals surface area contributed by atoms with Crippen molar-refractivity contribution in [1.82, 2.24) is 4.98 Å². The minimum atomic E-state index is 0.0237. The van der Waals surface area contributed by atoms with Gasteiger partial charge in [0.05, 0.1) is 12.3 Å². The van der Waals surface area contributed by atoms with Gasteiger partial charge in [-0.15, -0.1) is 0 Å². The molecule has 1 aromatic rings. The lowest BCUT2D eigenvalue weighted by molar-refractivity contribution is -0.116. The Balaban J connectivity index is 1.98. The highest BCUT2D eigenvalue weighted by molar-refractivity contribution is 5.93. The number of pyridine rings is 1. The number of hydrogen-bond acceptors (Lipinski definition) is 4. The van der Waals surface area contributed by atoms with Crippen LogP contribution in [0.25, 0.3) is 0 Å². The third kappa shape index (κ3) is 3.03. The molecular weight excluding hydrogens is 220 g/mol. The highest BCUT2D eigenvalue weighted by atomic mass is 16.5. The van der Waals surface area contributed by atoms with Crippen molar-refractivity contribution in [2.75, 3.05) is 11.9 Å². The van der Waals surface area contributed by atoms with Crippen LogP contribution in [-0.2, 0) is 16.0 Å². The highest BCUT2D eigenvalue weighted by Crippen LogP contribution is 2.24. The Morgan fingerprint density at radius 1 is 1.47 bits per heavy atom. The first kappa shape index (κ1) is 11.6. The van der Waals surface area contributed by atoms with E-state index in [1.807, 2.05) is 0 Å². The molecule has 2 heterocycles. The number of aldehydes is 1. The highest BCUT2D eigenvalue weighted by Gasteiger charge is 2.15. The predicted octanol–water partition coefficient (Wildman–Crippen LogP) is 1.32. The maximum Gasteiger partial charge on any atom is 0.224 e. The molecule has 1 amide bonds. The second kappa shape index (κ2) is 5.43. The van der Waals surface area contributed by atoms with E-state index in [1.54, 1.807) is 12.3 Å². The Bertz CT molecular complexity index is 432. The first-order chi connectivity index (χ1) is 8.29. The number of nitrogens with zero attached hydrogens (tertiary/aromatic N) is 1. The van der Waals surface area contributed by atoms with Crippen molar-refractivity contribution in [3.63, 3.8) is 0 Å². The van der Waals surface area contributed by atoms with Gasteiger partial charge >= 0.3 is 0 Å². The molecule has 0 aromatic carbocycles. The number of rotatable bonds is 5. The molecule has 17 heavy (non-hydrogen) atoms. The zero-order chi connectivity index (χ0) is 12.1. The molecule has 0 radical (unpaired) electrons. The van der Waals surface area contributed by atoms with Crippen molar-refractivity contribution in [3.05, 3.63) is 17.8 Å². The monoisotopic (exact) mass is 234 g/mol. The van der Waals surface area contributed by atoms with E-state index in [1.165, 1.54) is 0 Å². The zero-order valence-electron chi connectivity index (χ0n) is 9.44. The molecule has 5 nitrogen and oxygen atoms in total. The van der Waals surface area contributed by atoms with E-state index in [4.69, 9.17) is 4.74 Å². The van der Waals surface area contributed by atoms with Crippen molar-refractivity contribution >= 4 is 17.9 Å². The first-order valence-electron chi connectivity index (χ1n) is 5.65. The van der Waals surface area contributed by atoms with Gasteiger partial charge in [0.1, 0.15) is 6.29 Å². The van der Waals surface area contributed by atoms with Gasteiger partial charge in [0, 0.05) is 25.1 Å². The largest absolute Gasteiger partial charge is 0.478 e. The van der Waals surface area contributed by atoms with E-state index in [2.05, 4.69) is 10.3 Å². The van der Waals surface area contributed by atoms with E-state index in [0.29, 0.717) is 31.7 Å². The Hall–Kier alpha value is -1.91. The zero-order valence-corrected chi connectivity index (χ0v) is 9.44. The molecule has 0 aliphatic carbocycles. The minimum Gasteiger partial charge on any atom is -0.478 e. The van der Waals surface area contributed by atoms with Crippen molar-refractivity contribution in [3.8, 4) is 5.88 Å². The van der Waals surface area contributed by atoms with Gasteiger partial charge in [-0.2, -0.15) is 0 Å². The molecule has 1 aliphatic heterocycles. The summed E-state index contributed by atoms with van der Waals surface area (Å²) in [5, 5.41) is 2.79. The average molecular weight is 234 g/mol. The van der Waals surface area contributed by atoms with E-state index >= 15 is 0 Å². The van der Waals surface area contributed by atoms with Gasteiger partial charge in [-0.3, -0.25) is 4.79 Å². The predicted molar refractivity (Wildman–Crippen MR) is 62.0 cm³/mol. The fourth-order valence-electron chi connectivity index (χ4n) is 1.66. The minimum absolute atomic E-state index is 0.0237. The molecule has 0 unspecified atom stereocenters. The number of ether oxygens (including phenoxy) is 1. The maximum atomic E-state index is 11.2. The second-order valence-corrected chi connectivity index (χ2v) is 3.89. The standard InChI is InChI=1S/C12H14N2O3/c15-5-1-2-6-17-12-7-10-9(8-13-12)3-4-11(16)14-10/h5,7-8H,1-4,6H2,(H,14,16). The number of anilines is 1. The first-order valence-corrected chi connectivity index (χ1v) is 5.65. The summed E-state index contributed by atoms with van der Waals surface area (Å²) in [6.45, 7) is 0.457. The van der Waals surface area contributed by atoms with Crippen LogP contribution in [0.2, 0.25) is 0 Å². The van der Waals surface area contributed by atoms with Crippen molar-refractivity contribution in [2.45, 2.75) is 25.7 Å². The summed E-state index contributed by atoms with van der Waals surface area (Å²) in [6.07, 6.45) is 4.98. The SMILES string of the molecule is O=CCCCOc1cc2c(cn1)CCC(=O)N2. The number of hydrogen-bond donors (Lipinski definition) is 1. The Labute approximate surface area is 99.2 Å². The quantitative estimate of drug-likeness (QED) is 0.616. The molecule has 1 aromatic heterocycles. The van der Waals surface area contributed by atoms with Gasteiger partial charge in [-0.25, -0.2) is 4.98 Å². The van der Waals surface area contributed by atoms with Crippen LogP contribution >= 0.6 is 0 Å². The average Bonchev–Trinajstić information content (AvgIpc) is 2.34. The van der Waals surface area contributed by atoms with E-state index < -0.39 is 0 Å². The molecule has 90 valence electrons. The lowest BCUT2D eigenvalue weighted by Gasteiger charge is -2.16. The molecule has 0 fully saturated rings. The van der Waals surface area contributed by atoms with Crippen LogP contribution in [0.4, 0.5) is 5.69 Å². The summed E-state index contributed by atoms with van der Waals surface area (Å²) < 4.78 is 5.39. The maximum absolute atomic E-state index is 11.2. The molecule has 5 heteroatoms. The van der Waals surface area contributed by atoms with Crippen LogP contribution in [0, 0.1) is 0 Å². The van der Waals surface area contributed by atoms with E-state index in [-0.39, 0.29) is 5.91 Å². The molecular formula is C12H14N2O3. The van der Waals surface area contributed by atoms with Crippen LogP contribution < -0.4 is 10.1 Å². The summed E-state index contributed by atoms with van der Waals surface area (Å²) in [5.41, 5.74) is 1.81. The number of fused-ring (bicyclic) bond motifs is 1. The van der Waals surface area contributed by atoms with Crippen LogP contribution in [0.3, 0.4) is 0 Å². The lowest BCUT2D eigenvalue weighted by atomic mass is 10.1. The van der Waals surface area contributed by atoms with Crippen LogP contribution in [0.15, 0.2) is 12.3 Å². The summed E-state index contributed by atoms with van der Waals surface area (Å²) in [6, 6.07) is 1.73. The molecule has 0 atom stereocenters. The molecule has 1 aliphatic rings. The Morgan fingerprint density at radius 2 is 2.35 bits per heavy atom. The van der Waals surface area contributed by atoms with Crippen LogP contribution in [0.5, 0.6) is 5.88 Å². The Kier molecular flexibility index (Phi) is 3.69. The number of aryl methyl sites for hydroxylation is 1. The Morgan fingerprint density at radius 3 is 3.18 bits per heavy atom. The number of nitrogens with one attached hydrogen (secondary N) is 1. The van der Waals surface area contributed by atoms with Gasteiger partial charge in [-0.1, -0.05) is 0 Å². The van der Waals surface area contributed by atoms with Gasteiger partial charge in [-0.05, 0) is 18.4 Å². The molecule has 0 bridgehead atoms. The van der Waals surface area contributed by atoms with Crippen molar-refractivity contribution in [2.24, 2.45) is 0 Å². The van der Waals surface area contributed by atoms with Crippen LogP contribution in [-0.4, -0.2) is 23.8 Å². The van der Waals surface area contributed by atoms with Gasteiger partial charge in [0.25, 0.3) is 0 Å². The summed E-state index contributed by atoms with van der Waals surface area (Å²) in [7, 11) is 0. The topological polar surface area (TPSA) is 68.3 Å². The summed E-state index contributed by atoms with van der Waals surface area (Å²) >= 11 is 0.